The van der Waals surface area contributed by atoms with Gasteiger partial charge in [0.1, 0.15) is 0 Å². The molecule has 0 heterocycles. The van der Waals surface area contributed by atoms with Gasteiger partial charge in [0, 0.05) is 23.9 Å². The second-order valence-electron chi connectivity index (χ2n) is 5.37. The highest BCUT2D eigenvalue weighted by molar-refractivity contribution is 7.90. The van der Waals surface area contributed by atoms with E-state index in [9.17, 15) is 26.7 Å². The van der Waals surface area contributed by atoms with Crippen LogP contribution in [0.5, 0.6) is 0 Å². The molecule has 0 aliphatic carbocycles. The van der Waals surface area contributed by atoms with Crippen LogP contribution < -0.4 is 9.44 Å². The second-order valence-corrected chi connectivity index (χ2v) is 8.84. The molecule has 0 radical (unpaired) electrons. The number of rotatable bonds is 9. The topological polar surface area (TPSA) is 170 Å². The van der Waals surface area contributed by atoms with Crippen LogP contribution in [0.2, 0.25) is 0 Å². The summed E-state index contributed by atoms with van der Waals surface area (Å²) in [6.45, 7) is -1.48. The zero-order valence-electron chi connectivity index (χ0n) is 13.9. The van der Waals surface area contributed by atoms with E-state index < -0.39 is 49.7 Å². The lowest BCUT2D eigenvalue weighted by Crippen LogP contribution is -2.28. The van der Waals surface area contributed by atoms with Gasteiger partial charge in [0.25, 0.3) is 0 Å². The average molecular weight is 418 g/mol. The molecule has 2 rings (SSSR count). The predicted octanol–water partition coefficient (Wildman–Crippen LogP) is -0.921. The monoisotopic (exact) mass is 418 g/mol. The van der Waals surface area contributed by atoms with Gasteiger partial charge in [-0.3, -0.25) is 0 Å². The lowest BCUT2D eigenvalue weighted by Gasteiger charge is -2.14. The first-order valence-electron chi connectivity index (χ1n) is 7.65. The summed E-state index contributed by atoms with van der Waals surface area (Å²) in [4.78, 5) is 10.7. The number of carbonyl (C=O) groups is 1. The molecular formula is C15H18N2O8S2. The van der Waals surface area contributed by atoms with Gasteiger partial charge in [0.05, 0.1) is 28.6 Å². The first-order valence-corrected chi connectivity index (χ1v) is 10.6. The Morgan fingerprint density at radius 2 is 1.41 bits per heavy atom. The highest BCUT2D eigenvalue weighted by Gasteiger charge is 2.24. The number of fused-ring (bicyclic) bond motifs is 1. The highest BCUT2D eigenvalue weighted by Crippen LogP contribution is 2.30. The van der Waals surface area contributed by atoms with E-state index in [1.165, 1.54) is 18.2 Å². The maximum atomic E-state index is 12.5. The molecule has 0 saturated heterocycles. The van der Waals surface area contributed by atoms with E-state index in [-0.39, 0.29) is 28.8 Å². The summed E-state index contributed by atoms with van der Waals surface area (Å²) in [5, 5.41) is 26.8. The molecule has 2 aromatic rings. The number of hydrogen-bond donors (Lipinski definition) is 5. The van der Waals surface area contributed by atoms with Crippen molar-refractivity contribution in [1.82, 2.24) is 9.44 Å². The van der Waals surface area contributed by atoms with Crippen LogP contribution >= 0.6 is 0 Å². The number of nitrogens with one attached hydrogen (secondary N) is 2. The maximum absolute atomic E-state index is 12.5. The third-order valence-electron chi connectivity index (χ3n) is 3.55. The van der Waals surface area contributed by atoms with E-state index in [1.807, 2.05) is 0 Å². The van der Waals surface area contributed by atoms with Crippen LogP contribution in [0.4, 0.5) is 0 Å². The maximum Gasteiger partial charge on any atom is 0.335 e. The third-order valence-corrected chi connectivity index (χ3v) is 6.57. The summed E-state index contributed by atoms with van der Waals surface area (Å²) >= 11 is 0. The minimum absolute atomic E-state index is 0.00249. The molecule has 12 heteroatoms. The van der Waals surface area contributed by atoms with Crippen LogP contribution in [0.1, 0.15) is 10.4 Å². The van der Waals surface area contributed by atoms with Crippen molar-refractivity contribution in [2.24, 2.45) is 0 Å². The number of aromatic carboxylic acids is 1. The number of sulfonamides is 2. The van der Waals surface area contributed by atoms with Gasteiger partial charge in [0.15, 0.2) is 0 Å². The van der Waals surface area contributed by atoms with Crippen molar-refractivity contribution in [2.75, 3.05) is 26.3 Å². The Morgan fingerprint density at radius 1 is 0.852 bits per heavy atom. The van der Waals surface area contributed by atoms with Gasteiger partial charge >= 0.3 is 5.97 Å². The number of carboxylic acids is 1. The van der Waals surface area contributed by atoms with E-state index in [2.05, 4.69) is 9.44 Å². The van der Waals surface area contributed by atoms with Crippen LogP contribution in [0.15, 0.2) is 40.1 Å². The predicted molar refractivity (Wildman–Crippen MR) is 95.5 cm³/mol. The van der Waals surface area contributed by atoms with Gasteiger partial charge in [0.2, 0.25) is 20.0 Å². The number of benzene rings is 2. The Hall–Kier alpha value is -2.09. The molecule has 0 aliphatic heterocycles. The number of carboxylic acid groups (broad SMARTS) is 1. The highest BCUT2D eigenvalue weighted by atomic mass is 32.2. The number of aliphatic hydroxyl groups is 2. The van der Waals surface area contributed by atoms with Crippen molar-refractivity contribution in [3.05, 3.63) is 35.9 Å². The second kappa shape index (κ2) is 8.29. The first kappa shape index (κ1) is 21.2. The molecule has 0 amide bonds. The first-order chi connectivity index (χ1) is 12.6. The SMILES string of the molecule is O=C(O)c1cc(S(=O)(=O)NCCO)c2cccc(S(=O)(=O)NCCO)c2c1. The van der Waals surface area contributed by atoms with Gasteiger partial charge in [-0.2, -0.15) is 0 Å². The molecule has 0 saturated carbocycles. The summed E-state index contributed by atoms with van der Waals surface area (Å²) in [6.07, 6.45) is 0. The van der Waals surface area contributed by atoms with Gasteiger partial charge in [-0.05, 0) is 18.2 Å². The summed E-state index contributed by atoms with van der Waals surface area (Å²) in [7, 11) is -8.34. The smallest absolute Gasteiger partial charge is 0.335 e. The molecule has 10 nitrogen and oxygen atoms in total. The summed E-state index contributed by atoms with van der Waals surface area (Å²) in [5.41, 5.74) is -0.420. The Bertz CT molecular complexity index is 1060. The minimum atomic E-state index is -4.21. The fourth-order valence-electron chi connectivity index (χ4n) is 2.42. The molecule has 2 aromatic carbocycles. The van der Waals surface area contributed by atoms with Crippen LogP contribution in [0, 0.1) is 0 Å². The minimum Gasteiger partial charge on any atom is -0.478 e. The Balaban J connectivity index is 2.83. The molecule has 5 N–H and O–H groups in total. The zero-order valence-corrected chi connectivity index (χ0v) is 15.5. The normalized spacial score (nSPS) is 12.4. The molecule has 0 bridgehead atoms. The zero-order chi connectivity index (χ0) is 20.2. The fourth-order valence-corrected chi connectivity index (χ4v) is 4.92. The quantitative estimate of drug-likeness (QED) is 0.348. The Labute approximate surface area is 155 Å². The lowest BCUT2D eigenvalue weighted by molar-refractivity contribution is 0.0696. The van der Waals surface area contributed by atoms with Crippen molar-refractivity contribution in [3.63, 3.8) is 0 Å². The van der Waals surface area contributed by atoms with E-state index >= 15 is 0 Å². The average Bonchev–Trinajstić information content (AvgIpc) is 2.63. The summed E-state index contributed by atoms with van der Waals surface area (Å²) < 4.78 is 54.1. The summed E-state index contributed by atoms with van der Waals surface area (Å²) in [6, 6.07) is 5.85. The van der Waals surface area contributed by atoms with Crippen molar-refractivity contribution < 1.29 is 36.9 Å². The standard InChI is InChI=1S/C15H18N2O8S2/c18-6-4-16-26(22,23)13-3-1-2-11-12(13)8-10(15(20)21)9-14(11)27(24,25)17-5-7-19/h1-3,8-9,16-19H,4-7H2,(H,20,21). The number of hydrogen-bond acceptors (Lipinski definition) is 7. The van der Waals surface area contributed by atoms with Crippen molar-refractivity contribution in [3.8, 4) is 0 Å². The lowest BCUT2D eigenvalue weighted by atomic mass is 10.1. The van der Waals surface area contributed by atoms with Crippen molar-refractivity contribution in [1.29, 1.82) is 0 Å². The molecular weight excluding hydrogens is 400 g/mol. The number of aliphatic hydroxyl groups excluding tert-OH is 2. The van der Waals surface area contributed by atoms with Crippen LogP contribution in [-0.4, -0.2) is 64.4 Å². The van der Waals surface area contributed by atoms with Crippen molar-refractivity contribution in [2.45, 2.75) is 9.79 Å². The van der Waals surface area contributed by atoms with E-state index in [0.29, 0.717) is 0 Å². The molecule has 0 fully saturated rings. The van der Waals surface area contributed by atoms with Crippen LogP contribution in [0.25, 0.3) is 10.8 Å². The van der Waals surface area contributed by atoms with Crippen LogP contribution in [-0.2, 0) is 20.0 Å². The van der Waals surface area contributed by atoms with Gasteiger partial charge < -0.3 is 15.3 Å². The molecule has 0 atom stereocenters. The van der Waals surface area contributed by atoms with Gasteiger partial charge in [-0.15, -0.1) is 0 Å². The Morgan fingerprint density at radius 3 is 1.93 bits per heavy atom. The molecule has 148 valence electrons. The molecule has 0 aromatic heterocycles. The van der Waals surface area contributed by atoms with E-state index in [0.717, 1.165) is 12.1 Å². The molecule has 0 aliphatic rings. The largest absolute Gasteiger partial charge is 0.478 e. The third kappa shape index (κ3) is 4.61. The molecule has 0 spiro atoms. The van der Waals surface area contributed by atoms with Gasteiger partial charge in [-0.25, -0.2) is 31.1 Å². The Kier molecular flexibility index (Phi) is 6.51. The van der Waals surface area contributed by atoms with Crippen LogP contribution in [0.3, 0.4) is 0 Å². The summed E-state index contributed by atoms with van der Waals surface area (Å²) in [5.74, 6) is -1.44. The van der Waals surface area contributed by atoms with Gasteiger partial charge in [-0.1, -0.05) is 12.1 Å². The fraction of sp³-hybridized carbons (Fsp3) is 0.267. The van der Waals surface area contributed by atoms with E-state index in [1.54, 1.807) is 0 Å². The molecule has 27 heavy (non-hydrogen) atoms. The van der Waals surface area contributed by atoms with Crippen molar-refractivity contribution >= 4 is 36.8 Å². The molecule has 0 unspecified atom stereocenters. The van der Waals surface area contributed by atoms with E-state index in [4.69, 9.17) is 10.2 Å².